The van der Waals surface area contributed by atoms with Crippen LogP contribution in [-0.2, 0) is 0 Å². The van der Waals surface area contributed by atoms with E-state index >= 15 is 0 Å². The Labute approximate surface area is 121 Å². The Kier molecular flexibility index (Phi) is 6.71. The quantitative estimate of drug-likeness (QED) is 0.642. The van der Waals surface area contributed by atoms with E-state index in [-0.39, 0.29) is 18.3 Å². The zero-order valence-corrected chi connectivity index (χ0v) is 12.0. The van der Waals surface area contributed by atoms with Crippen LogP contribution in [0.3, 0.4) is 0 Å². The van der Waals surface area contributed by atoms with Gasteiger partial charge in [-0.2, -0.15) is 0 Å². The van der Waals surface area contributed by atoms with E-state index in [9.17, 15) is 4.79 Å². The smallest absolute Gasteiger partial charge is 0.251 e. The van der Waals surface area contributed by atoms with Gasteiger partial charge in [0, 0.05) is 17.8 Å². The molecule has 1 aliphatic rings. The van der Waals surface area contributed by atoms with Gasteiger partial charge in [-0.3, -0.25) is 4.79 Å². The fourth-order valence-electron chi connectivity index (χ4n) is 2.67. The molecule has 1 saturated carbocycles. The predicted molar refractivity (Wildman–Crippen MR) is 81.6 cm³/mol. The molecule has 4 heteroatoms. The first kappa shape index (κ1) is 15.8. The number of halogens is 1. The third-order valence-corrected chi connectivity index (χ3v) is 3.70. The van der Waals surface area contributed by atoms with Gasteiger partial charge in [-0.25, -0.2) is 0 Å². The largest absolute Gasteiger partial charge is 0.399 e. The van der Waals surface area contributed by atoms with Crippen molar-refractivity contribution < 1.29 is 4.79 Å². The van der Waals surface area contributed by atoms with E-state index in [2.05, 4.69) is 5.32 Å². The Hall–Kier alpha value is -1.22. The molecule has 1 fully saturated rings. The number of carbonyl (C=O) groups excluding carboxylic acids is 1. The summed E-state index contributed by atoms with van der Waals surface area (Å²) in [7, 11) is 0. The number of rotatable bonds is 5. The summed E-state index contributed by atoms with van der Waals surface area (Å²) < 4.78 is 0. The first-order valence-corrected chi connectivity index (χ1v) is 6.89. The Morgan fingerprint density at radius 1 is 1.32 bits per heavy atom. The minimum Gasteiger partial charge on any atom is -0.399 e. The molecule has 3 nitrogen and oxygen atoms in total. The first-order chi connectivity index (χ1) is 8.75. The number of hydrogen-bond acceptors (Lipinski definition) is 2. The van der Waals surface area contributed by atoms with Crippen LogP contribution >= 0.6 is 12.4 Å². The van der Waals surface area contributed by atoms with Gasteiger partial charge in [0.25, 0.3) is 5.91 Å². The van der Waals surface area contributed by atoms with Crippen LogP contribution < -0.4 is 11.1 Å². The highest BCUT2D eigenvalue weighted by Crippen LogP contribution is 2.28. The summed E-state index contributed by atoms with van der Waals surface area (Å²) in [5, 5.41) is 2.96. The lowest BCUT2D eigenvalue weighted by atomic mass is 10.0. The van der Waals surface area contributed by atoms with Crippen molar-refractivity contribution in [1.82, 2.24) is 5.32 Å². The van der Waals surface area contributed by atoms with Gasteiger partial charge >= 0.3 is 0 Å². The van der Waals surface area contributed by atoms with Crippen molar-refractivity contribution >= 4 is 24.0 Å². The van der Waals surface area contributed by atoms with Crippen LogP contribution in [0.2, 0.25) is 0 Å². The Morgan fingerprint density at radius 3 is 2.74 bits per heavy atom. The van der Waals surface area contributed by atoms with Crippen LogP contribution in [0.1, 0.15) is 48.9 Å². The number of carbonyl (C=O) groups is 1. The number of amides is 1. The maximum absolute atomic E-state index is 11.8. The number of nitrogens with two attached hydrogens (primary N) is 1. The molecule has 0 bridgehead atoms. The third-order valence-electron chi connectivity index (χ3n) is 3.70. The number of anilines is 1. The fraction of sp³-hybridized carbons (Fsp3) is 0.533. The molecule has 0 aliphatic heterocycles. The fourth-order valence-corrected chi connectivity index (χ4v) is 2.67. The average Bonchev–Trinajstić information content (AvgIpc) is 2.87. The van der Waals surface area contributed by atoms with Gasteiger partial charge in [-0.15, -0.1) is 12.4 Å². The van der Waals surface area contributed by atoms with Crippen LogP contribution in [0.25, 0.3) is 0 Å². The highest BCUT2D eigenvalue weighted by molar-refractivity contribution is 5.94. The Balaban J connectivity index is 0.00000180. The average molecular weight is 283 g/mol. The summed E-state index contributed by atoms with van der Waals surface area (Å²) in [6, 6.07) is 7.11. The number of hydrogen-bond donors (Lipinski definition) is 2. The van der Waals surface area contributed by atoms with Crippen molar-refractivity contribution in [2.75, 3.05) is 12.3 Å². The van der Waals surface area contributed by atoms with Gasteiger partial charge in [-0.1, -0.05) is 31.7 Å². The van der Waals surface area contributed by atoms with Crippen molar-refractivity contribution in [3.05, 3.63) is 29.8 Å². The topological polar surface area (TPSA) is 55.1 Å². The molecule has 0 aromatic heterocycles. The number of benzene rings is 1. The lowest BCUT2D eigenvalue weighted by Gasteiger charge is -2.09. The van der Waals surface area contributed by atoms with Crippen LogP contribution in [0.15, 0.2) is 24.3 Å². The van der Waals surface area contributed by atoms with Gasteiger partial charge < -0.3 is 11.1 Å². The second-order valence-corrected chi connectivity index (χ2v) is 5.17. The molecule has 1 aliphatic carbocycles. The van der Waals surface area contributed by atoms with E-state index < -0.39 is 0 Å². The molecule has 3 N–H and O–H groups in total. The summed E-state index contributed by atoms with van der Waals surface area (Å²) in [5.41, 5.74) is 6.94. The van der Waals surface area contributed by atoms with Gasteiger partial charge in [0.2, 0.25) is 0 Å². The second kappa shape index (κ2) is 8.05. The number of nitrogen functional groups attached to an aromatic ring is 1. The van der Waals surface area contributed by atoms with E-state index in [1.54, 1.807) is 18.2 Å². The van der Waals surface area contributed by atoms with Crippen molar-refractivity contribution in [3.63, 3.8) is 0 Å². The molecule has 0 heterocycles. The van der Waals surface area contributed by atoms with Gasteiger partial charge in [-0.05, 0) is 37.0 Å². The highest BCUT2D eigenvalue weighted by Gasteiger charge is 2.14. The molecule has 0 saturated heterocycles. The Morgan fingerprint density at radius 2 is 2.05 bits per heavy atom. The molecule has 106 valence electrons. The molecule has 0 unspecified atom stereocenters. The third kappa shape index (κ3) is 5.11. The molecule has 2 rings (SSSR count). The maximum Gasteiger partial charge on any atom is 0.251 e. The SMILES string of the molecule is Cl.Nc1cccc(C(=O)NCCCC2CCCC2)c1. The zero-order chi connectivity index (χ0) is 12.8. The van der Waals surface area contributed by atoms with Crippen LogP contribution in [0.4, 0.5) is 5.69 Å². The lowest BCUT2D eigenvalue weighted by molar-refractivity contribution is 0.0952. The van der Waals surface area contributed by atoms with E-state index in [4.69, 9.17) is 5.73 Å². The predicted octanol–water partition coefficient (Wildman–Crippen LogP) is 3.39. The van der Waals surface area contributed by atoms with E-state index in [1.807, 2.05) is 6.07 Å². The lowest BCUT2D eigenvalue weighted by Crippen LogP contribution is -2.24. The molecule has 0 atom stereocenters. The molecule has 1 aromatic carbocycles. The summed E-state index contributed by atoms with van der Waals surface area (Å²) >= 11 is 0. The molecule has 1 amide bonds. The summed E-state index contributed by atoms with van der Waals surface area (Å²) in [5.74, 6) is 0.878. The molecule has 0 spiro atoms. The molecule has 1 aromatic rings. The van der Waals surface area contributed by atoms with Gasteiger partial charge in [0.05, 0.1) is 0 Å². The minimum absolute atomic E-state index is 0. The summed E-state index contributed by atoms with van der Waals surface area (Å²) in [4.78, 5) is 11.8. The van der Waals surface area contributed by atoms with Gasteiger partial charge in [0.1, 0.15) is 0 Å². The first-order valence-electron chi connectivity index (χ1n) is 6.89. The van der Waals surface area contributed by atoms with Crippen molar-refractivity contribution in [3.8, 4) is 0 Å². The van der Waals surface area contributed by atoms with Crippen molar-refractivity contribution in [2.24, 2.45) is 5.92 Å². The molecular weight excluding hydrogens is 260 g/mol. The van der Waals surface area contributed by atoms with E-state index in [0.717, 1.165) is 18.9 Å². The minimum atomic E-state index is -0.0197. The standard InChI is InChI=1S/C15H22N2O.ClH/c16-14-9-3-8-13(11-14)15(18)17-10-4-7-12-5-1-2-6-12;/h3,8-9,11-12H,1-2,4-7,10,16H2,(H,17,18);1H. The second-order valence-electron chi connectivity index (χ2n) is 5.17. The van der Waals surface area contributed by atoms with Crippen LogP contribution in [0.5, 0.6) is 0 Å². The molecule has 0 radical (unpaired) electrons. The Bertz CT molecular complexity index is 403. The maximum atomic E-state index is 11.8. The monoisotopic (exact) mass is 282 g/mol. The summed E-state index contributed by atoms with van der Waals surface area (Å²) in [6.45, 7) is 0.768. The van der Waals surface area contributed by atoms with Crippen molar-refractivity contribution in [1.29, 1.82) is 0 Å². The summed E-state index contributed by atoms with van der Waals surface area (Å²) in [6.07, 6.45) is 7.86. The zero-order valence-electron chi connectivity index (χ0n) is 11.2. The highest BCUT2D eigenvalue weighted by atomic mass is 35.5. The van der Waals surface area contributed by atoms with Crippen LogP contribution in [0, 0.1) is 5.92 Å². The van der Waals surface area contributed by atoms with Crippen LogP contribution in [-0.4, -0.2) is 12.5 Å². The van der Waals surface area contributed by atoms with E-state index in [1.165, 1.54) is 32.1 Å². The van der Waals surface area contributed by atoms with Crippen molar-refractivity contribution in [2.45, 2.75) is 38.5 Å². The van der Waals surface area contributed by atoms with Gasteiger partial charge in [0.15, 0.2) is 0 Å². The molecule has 19 heavy (non-hydrogen) atoms. The normalized spacial score (nSPS) is 14.9. The number of nitrogens with one attached hydrogen (secondary N) is 1. The van der Waals surface area contributed by atoms with E-state index in [0.29, 0.717) is 11.3 Å². The molecular formula is C15H23ClN2O.